The molecule has 1 rings (SSSR count). The summed E-state index contributed by atoms with van der Waals surface area (Å²) in [7, 11) is 0. The first kappa shape index (κ1) is 15.0. The van der Waals surface area contributed by atoms with Crippen molar-refractivity contribution in [2.24, 2.45) is 0 Å². The summed E-state index contributed by atoms with van der Waals surface area (Å²) in [6, 6.07) is 4.63. The summed E-state index contributed by atoms with van der Waals surface area (Å²) in [5.41, 5.74) is 0.862. The third-order valence-corrected chi connectivity index (χ3v) is 2.54. The Kier molecular flexibility index (Phi) is 6.41. The highest BCUT2D eigenvalue weighted by Crippen LogP contribution is 2.24. The molecule has 5 heteroatoms. The summed E-state index contributed by atoms with van der Waals surface area (Å²) < 4.78 is 5.61. The third kappa shape index (κ3) is 4.98. The summed E-state index contributed by atoms with van der Waals surface area (Å²) >= 11 is 0. The predicted octanol–water partition coefficient (Wildman–Crippen LogP) is 2.50. The summed E-state index contributed by atoms with van der Waals surface area (Å²) in [4.78, 5) is 10.4. The third-order valence-electron chi connectivity index (χ3n) is 2.54. The number of benzene rings is 1. The van der Waals surface area contributed by atoms with Crippen LogP contribution in [0.4, 0.5) is 5.69 Å². The Bertz CT molecular complexity index is 466. The van der Waals surface area contributed by atoms with Gasteiger partial charge in [-0.25, -0.2) is 0 Å². The van der Waals surface area contributed by atoms with E-state index in [0.29, 0.717) is 25.3 Å². The normalized spacial score (nSPS) is 9.89. The van der Waals surface area contributed by atoms with Crippen LogP contribution >= 0.6 is 0 Å². The van der Waals surface area contributed by atoms with E-state index in [1.807, 2.05) is 6.92 Å². The Hall–Kier alpha value is -2.06. The lowest BCUT2D eigenvalue weighted by molar-refractivity contribution is -0.384. The Balaban J connectivity index is 2.77. The van der Waals surface area contributed by atoms with Crippen molar-refractivity contribution in [2.75, 3.05) is 13.2 Å². The molecule has 0 aliphatic carbocycles. The van der Waals surface area contributed by atoms with Crippen molar-refractivity contribution in [3.63, 3.8) is 0 Å². The SMILES string of the molecule is C#CCCCOc1ccc([N+](=O)[O-])cc1CNCC. The number of nitrogens with one attached hydrogen (secondary N) is 1. The van der Waals surface area contributed by atoms with Gasteiger partial charge in [0.15, 0.2) is 0 Å². The van der Waals surface area contributed by atoms with Crippen LogP contribution in [0.3, 0.4) is 0 Å². The van der Waals surface area contributed by atoms with Gasteiger partial charge in [-0.15, -0.1) is 12.3 Å². The van der Waals surface area contributed by atoms with Crippen LogP contribution in [0.25, 0.3) is 0 Å². The number of hydrogen-bond acceptors (Lipinski definition) is 4. The fourth-order valence-corrected chi connectivity index (χ4v) is 1.57. The molecular weight excluding hydrogens is 244 g/mol. The highest BCUT2D eigenvalue weighted by Gasteiger charge is 2.11. The first-order valence-corrected chi connectivity index (χ1v) is 6.23. The molecule has 1 aromatic rings. The first-order chi connectivity index (χ1) is 9.19. The van der Waals surface area contributed by atoms with Crippen LogP contribution in [0.5, 0.6) is 5.75 Å². The fourth-order valence-electron chi connectivity index (χ4n) is 1.57. The molecule has 0 spiro atoms. The molecule has 102 valence electrons. The molecule has 1 aromatic carbocycles. The highest BCUT2D eigenvalue weighted by molar-refractivity contribution is 5.43. The van der Waals surface area contributed by atoms with Gasteiger partial charge in [-0.3, -0.25) is 10.1 Å². The molecule has 0 radical (unpaired) electrons. The molecule has 0 aliphatic rings. The maximum absolute atomic E-state index is 10.8. The smallest absolute Gasteiger partial charge is 0.270 e. The molecule has 0 amide bonds. The summed E-state index contributed by atoms with van der Waals surface area (Å²) in [6.07, 6.45) is 6.60. The van der Waals surface area contributed by atoms with E-state index >= 15 is 0 Å². The van der Waals surface area contributed by atoms with E-state index in [4.69, 9.17) is 11.2 Å². The van der Waals surface area contributed by atoms with E-state index in [1.54, 1.807) is 12.1 Å². The lowest BCUT2D eigenvalue weighted by Crippen LogP contribution is -2.13. The molecular formula is C14H18N2O3. The maximum Gasteiger partial charge on any atom is 0.270 e. The molecule has 0 saturated carbocycles. The van der Waals surface area contributed by atoms with Crippen molar-refractivity contribution in [1.29, 1.82) is 0 Å². The molecule has 1 N–H and O–H groups in total. The van der Waals surface area contributed by atoms with Crippen LogP contribution < -0.4 is 10.1 Å². The summed E-state index contributed by atoms with van der Waals surface area (Å²) in [5, 5.41) is 13.9. The minimum Gasteiger partial charge on any atom is -0.493 e. The minimum absolute atomic E-state index is 0.0730. The second-order valence-corrected chi connectivity index (χ2v) is 3.99. The summed E-state index contributed by atoms with van der Waals surface area (Å²) in [5.74, 6) is 3.22. The van der Waals surface area contributed by atoms with Gasteiger partial charge in [0.05, 0.1) is 11.5 Å². The van der Waals surface area contributed by atoms with Crippen LogP contribution in [0.15, 0.2) is 18.2 Å². The summed E-state index contributed by atoms with van der Waals surface area (Å²) in [6.45, 7) is 3.83. The number of nitrogens with zero attached hydrogens (tertiary/aromatic N) is 1. The van der Waals surface area contributed by atoms with E-state index in [0.717, 1.165) is 18.5 Å². The van der Waals surface area contributed by atoms with Gasteiger partial charge >= 0.3 is 0 Å². The van der Waals surface area contributed by atoms with Gasteiger partial charge in [0.1, 0.15) is 5.75 Å². The fraction of sp³-hybridized carbons (Fsp3) is 0.429. The molecule has 0 aliphatic heterocycles. The largest absolute Gasteiger partial charge is 0.493 e. The van der Waals surface area contributed by atoms with E-state index in [9.17, 15) is 10.1 Å². The van der Waals surface area contributed by atoms with Crippen molar-refractivity contribution >= 4 is 5.69 Å². The van der Waals surface area contributed by atoms with Crippen LogP contribution in [0, 0.1) is 22.5 Å². The quantitative estimate of drug-likeness (QED) is 0.338. The number of non-ortho nitro benzene ring substituents is 1. The lowest BCUT2D eigenvalue weighted by atomic mass is 10.1. The number of hydrogen-bond donors (Lipinski definition) is 1. The van der Waals surface area contributed by atoms with Crippen molar-refractivity contribution in [3.05, 3.63) is 33.9 Å². The van der Waals surface area contributed by atoms with E-state index in [2.05, 4.69) is 11.2 Å². The van der Waals surface area contributed by atoms with E-state index in [1.165, 1.54) is 6.07 Å². The number of rotatable bonds is 8. The van der Waals surface area contributed by atoms with Crippen molar-refractivity contribution in [2.45, 2.75) is 26.3 Å². The van der Waals surface area contributed by atoms with Gasteiger partial charge < -0.3 is 10.1 Å². The highest BCUT2D eigenvalue weighted by atomic mass is 16.6. The molecule has 19 heavy (non-hydrogen) atoms. The monoisotopic (exact) mass is 262 g/mol. The lowest BCUT2D eigenvalue weighted by Gasteiger charge is -2.11. The Morgan fingerprint density at radius 3 is 2.95 bits per heavy atom. The molecule has 0 heterocycles. The van der Waals surface area contributed by atoms with Crippen molar-refractivity contribution in [3.8, 4) is 18.1 Å². The molecule has 0 atom stereocenters. The molecule has 0 fully saturated rings. The Morgan fingerprint density at radius 2 is 2.32 bits per heavy atom. The van der Waals surface area contributed by atoms with Crippen LogP contribution in [-0.2, 0) is 6.54 Å². The topological polar surface area (TPSA) is 64.4 Å². The van der Waals surface area contributed by atoms with Crippen LogP contribution in [0.2, 0.25) is 0 Å². The van der Waals surface area contributed by atoms with Crippen molar-refractivity contribution < 1.29 is 9.66 Å². The van der Waals surface area contributed by atoms with Gasteiger partial charge in [0, 0.05) is 30.7 Å². The maximum atomic E-state index is 10.8. The van der Waals surface area contributed by atoms with Gasteiger partial charge in [0.2, 0.25) is 0 Å². The predicted molar refractivity (Wildman–Crippen MR) is 74.0 cm³/mol. The number of ether oxygens (including phenoxy) is 1. The molecule has 5 nitrogen and oxygen atoms in total. The van der Waals surface area contributed by atoms with Gasteiger partial charge in [-0.2, -0.15) is 0 Å². The molecule has 0 aromatic heterocycles. The Labute approximate surface area is 113 Å². The first-order valence-electron chi connectivity index (χ1n) is 6.23. The Morgan fingerprint density at radius 1 is 1.53 bits per heavy atom. The van der Waals surface area contributed by atoms with E-state index < -0.39 is 4.92 Å². The molecule has 0 unspecified atom stereocenters. The minimum atomic E-state index is -0.405. The standard InChI is InChI=1S/C14H18N2O3/c1-3-5-6-9-19-14-8-7-13(16(17)18)10-12(14)11-15-4-2/h1,7-8,10,15H,4-6,9,11H2,2H3. The van der Waals surface area contributed by atoms with Gasteiger partial charge in [-0.05, 0) is 19.0 Å². The second kappa shape index (κ2) is 8.11. The number of nitro benzene ring substituents is 1. The second-order valence-electron chi connectivity index (χ2n) is 3.99. The zero-order valence-electron chi connectivity index (χ0n) is 11.0. The van der Waals surface area contributed by atoms with Gasteiger partial charge in [0.25, 0.3) is 5.69 Å². The van der Waals surface area contributed by atoms with Crippen LogP contribution in [-0.4, -0.2) is 18.1 Å². The molecule has 0 saturated heterocycles. The number of nitro groups is 1. The van der Waals surface area contributed by atoms with Crippen molar-refractivity contribution in [1.82, 2.24) is 5.32 Å². The van der Waals surface area contributed by atoms with Crippen LogP contribution in [0.1, 0.15) is 25.3 Å². The number of terminal acetylenes is 1. The zero-order chi connectivity index (χ0) is 14.1. The molecule has 0 bridgehead atoms. The number of unbranched alkanes of at least 4 members (excludes halogenated alkanes) is 1. The average Bonchev–Trinajstić information content (AvgIpc) is 2.41. The average molecular weight is 262 g/mol. The van der Waals surface area contributed by atoms with Gasteiger partial charge in [-0.1, -0.05) is 6.92 Å². The zero-order valence-corrected chi connectivity index (χ0v) is 11.0. The van der Waals surface area contributed by atoms with E-state index in [-0.39, 0.29) is 5.69 Å².